The van der Waals surface area contributed by atoms with Crippen molar-refractivity contribution in [1.29, 1.82) is 0 Å². The fourth-order valence-corrected chi connectivity index (χ4v) is 4.64. The molecule has 0 aromatic carbocycles. The molecule has 19 heavy (non-hydrogen) atoms. The summed E-state index contributed by atoms with van der Waals surface area (Å²) < 4.78 is 8.11. The number of quaternary nitrogens is 2. The SMILES string of the molecule is C[N+]1(CC[N+]2(C)CC3CCCCC3C2)CCOCC1. The van der Waals surface area contributed by atoms with Crippen molar-refractivity contribution in [2.45, 2.75) is 25.7 Å². The van der Waals surface area contributed by atoms with Crippen molar-refractivity contribution in [2.24, 2.45) is 11.8 Å². The van der Waals surface area contributed by atoms with E-state index in [9.17, 15) is 0 Å². The molecule has 2 heterocycles. The Bertz CT molecular complexity index is 298. The molecule has 2 atom stereocenters. The summed E-state index contributed by atoms with van der Waals surface area (Å²) in [5.74, 6) is 2.10. The highest BCUT2D eigenvalue weighted by atomic mass is 16.5. The van der Waals surface area contributed by atoms with Gasteiger partial charge in [-0.1, -0.05) is 12.8 Å². The second kappa shape index (κ2) is 5.34. The maximum Gasteiger partial charge on any atom is 0.128 e. The van der Waals surface area contributed by atoms with Gasteiger partial charge in [-0.3, -0.25) is 0 Å². The molecule has 2 aliphatic heterocycles. The molecule has 0 radical (unpaired) electrons. The molecule has 0 bridgehead atoms. The summed E-state index contributed by atoms with van der Waals surface area (Å²) in [5.41, 5.74) is 0. The van der Waals surface area contributed by atoms with Gasteiger partial charge in [0.25, 0.3) is 0 Å². The van der Waals surface area contributed by atoms with Crippen LogP contribution in [0.3, 0.4) is 0 Å². The first-order valence-electron chi connectivity index (χ1n) is 8.34. The number of likely N-dealkylation sites (N-methyl/N-ethyl adjacent to an activating group) is 2. The molecule has 0 spiro atoms. The molecule has 3 nitrogen and oxygen atoms in total. The smallest absolute Gasteiger partial charge is 0.128 e. The van der Waals surface area contributed by atoms with Gasteiger partial charge < -0.3 is 13.7 Å². The predicted octanol–water partition coefficient (Wildman–Crippen LogP) is 1.73. The largest absolute Gasteiger partial charge is 0.370 e. The van der Waals surface area contributed by atoms with Crippen LogP contribution in [-0.2, 0) is 4.74 Å². The average Bonchev–Trinajstić information content (AvgIpc) is 2.74. The standard InChI is InChI=1S/C16H32N2O/c1-17(9-11-19-12-10-17)7-8-18(2)13-15-5-3-4-6-16(15)14-18/h15-16H,3-14H2,1-2H3/q+2. The summed E-state index contributed by atoms with van der Waals surface area (Å²) in [6.45, 7) is 10.0. The lowest BCUT2D eigenvalue weighted by Gasteiger charge is -2.40. The van der Waals surface area contributed by atoms with Gasteiger partial charge >= 0.3 is 0 Å². The third-order valence-electron chi connectivity index (χ3n) is 6.15. The molecule has 1 saturated carbocycles. The first-order valence-corrected chi connectivity index (χ1v) is 8.34. The summed E-state index contributed by atoms with van der Waals surface area (Å²) >= 11 is 0. The lowest BCUT2D eigenvalue weighted by Crippen LogP contribution is -2.57. The molecule has 0 aromatic rings. The quantitative estimate of drug-likeness (QED) is 0.708. The summed E-state index contributed by atoms with van der Waals surface area (Å²) in [6.07, 6.45) is 6.01. The van der Waals surface area contributed by atoms with Crippen molar-refractivity contribution in [3.8, 4) is 0 Å². The van der Waals surface area contributed by atoms with E-state index in [0.29, 0.717) is 0 Å². The van der Waals surface area contributed by atoms with Crippen LogP contribution < -0.4 is 0 Å². The van der Waals surface area contributed by atoms with Crippen molar-refractivity contribution >= 4 is 0 Å². The second-order valence-electron chi connectivity index (χ2n) is 7.92. The topological polar surface area (TPSA) is 9.23 Å². The molecule has 0 amide bonds. The van der Waals surface area contributed by atoms with E-state index >= 15 is 0 Å². The van der Waals surface area contributed by atoms with E-state index in [1.165, 1.54) is 73.9 Å². The molecule has 0 N–H and O–H groups in total. The van der Waals surface area contributed by atoms with Crippen LogP contribution in [-0.4, -0.2) is 75.5 Å². The molecule has 0 aromatic heterocycles. The minimum absolute atomic E-state index is 0.964. The van der Waals surface area contributed by atoms with Crippen LogP contribution in [0.1, 0.15) is 25.7 Å². The number of likely N-dealkylation sites (tertiary alicyclic amines) is 1. The van der Waals surface area contributed by atoms with Crippen LogP contribution >= 0.6 is 0 Å². The first-order chi connectivity index (χ1) is 9.09. The van der Waals surface area contributed by atoms with Crippen LogP contribution in [0, 0.1) is 11.8 Å². The summed E-state index contributed by atoms with van der Waals surface area (Å²) in [4.78, 5) is 0. The van der Waals surface area contributed by atoms with Gasteiger partial charge in [0.15, 0.2) is 0 Å². The molecule has 3 heteroatoms. The lowest BCUT2D eigenvalue weighted by atomic mass is 9.82. The number of morpholine rings is 1. The van der Waals surface area contributed by atoms with E-state index in [-0.39, 0.29) is 0 Å². The van der Waals surface area contributed by atoms with Crippen molar-refractivity contribution < 1.29 is 13.7 Å². The average molecular weight is 268 g/mol. The molecule has 1 aliphatic carbocycles. The molecular formula is C16H32N2O+2. The van der Waals surface area contributed by atoms with E-state index in [1.807, 2.05) is 0 Å². The highest BCUT2D eigenvalue weighted by molar-refractivity contribution is 4.80. The van der Waals surface area contributed by atoms with Crippen molar-refractivity contribution in [2.75, 3.05) is 66.6 Å². The maximum absolute atomic E-state index is 5.52. The fourth-order valence-electron chi connectivity index (χ4n) is 4.64. The number of nitrogens with zero attached hydrogens (tertiary/aromatic N) is 2. The van der Waals surface area contributed by atoms with E-state index in [0.717, 1.165) is 25.0 Å². The van der Waals surface area contributed by atoms with E-state index < -0.39 is 0 Å². The summed E-state index contributed by atoms with van der Waals surface area (Å²) in [6, 6.07) is 0. The van der Waals surface area contributed by atoms with Gasteiger partial charge in [-0.05, 0) is 12.8 Å². The minimum Gasteiger partial charge on any atom is -0.370 e. The van der Waals surface area contributed by atoms with Crippen LogP contribution in [0.4, 0.5) is 0 Å². The molecule has 3 rings (SSSR count). The van der Waals surface area contributed by atoms with Crippen LogP contribution in [0.5, 0.6) is 0 Å². The highest BCUT2D eigenvalue weighted by Gasteiger charge is 2.44. The number of rotatable bonds is 3. The summed E-state index contributed by atoms with van der Waals surface area (Å²) in [7, 11) is 4.95. The maximum atomic E-state index is 5.52. The molecule has 2 unspecified atom stereocenters. The van der Waals surface area contributed by atoms with E-state index in [1.54, 1.807) is 0 Å². The monoisotopic (exact) mass is 268 g/mol. The zero-order valence-electron chi connectivity index (χ0n) is 12.9. The minimum atomic E-state index is 0.964. The Balaban J connectivity index is 1.54. The van der Waals surface area contributed by atoms with Crippen molar-refractivity contribution in [1.82, 2.24) is 0 Å². The normalized spacial score (nSPS) is 42.0. The Hall–Kier alpha value is -0.120. The molecule has 3 fully saturated rings. The molecular weight excluding hydrogens is 236 g/mol. The number of ether oxygens (including phenoxy) is 1. The van der Waals surface area contributed by atoms with Gasteiger partial charge in [0.05, 0.1) is 40.4 Å². The van der Waals surface area contributed by atoms with Gasteiger partial charge in [-0.25, -0.2) is 0 Å². The zero-order chi connectivity index (χ0) is 13.3. The highest BCUT2D eigenvalue weighted by Crippen LogP contribution is 2.38. The zero-order valence-corrected chi connectivity index (χ0v) is 12.9. The van der Waals surface area contributed by atoms with Gasteiger partial charge in [-0.15, -0.1) is 0 Å². The number of hydrogen-bond donors (Lipinski definition) is 0. The predicted molar refractivity (Wildman–Crippen MR) is 77.8 cm³/mol. The van der Waals surface area contributed by atoms with Crippen molar-refractivity contribution in [3.63, 3.8) is 0 Å². The molecule has 110 valence electrons. The van der Waals surface area contributed by atoms with Crippen LogP contribution in [0.2, 0.25) is 0 Å². The number of hydrogen-bond acceptors (Lipinski definition) is 1. The van der Waals surface area contributed by atoms with Gasteiger partial charge in [0.1, 0.15) is 26.2 Å². The van der Waals surface area contributed by atoms with Crippen molar-refractivity contribution in [3.05, 3.63) is 0 Å². The Morgan fingerprint density at radius 1 is 0.842 bits per heavy atom. The van der Waals surface area contributed by atoms with E-state index in [2.05, 4.69) is 14.1 Å². The third-order valence-corrected chi connectivity index (χ3v) is 6.15. The van der Waals surface area contributed by atoms with Gasteiger partial charge in [-0.2, -0.15) is 0 Å². The Morgan fingerprint density at radius 3 is 1.95 bits per heavy atom. The first kappa shape index (κ1) is 13.8. The lowest BCUT2D eigenvalue weighted by molar-refractivity contribution is -0.963. The van der Waals surface area contributed by atoms with Crippen LogP contribution in [0.15, 0.2) is 0 Å². The van der Waals surface area contributed by atoms with Gasteiger partial charge in [0.2, 0.25) is 0 Å². The summed E-state index contributed by atoms with van der Waals surface area (Å²) in [5, 5.41) is 0. The van der Waals surface area contributed by atoms with Crippen LogP contribution in [0.25, 0.3) is 0 Å². The Labute approximate surface area is 118 Å². The molecule has 2 saturated heterocycles. The Morgan fingerprint density at radius 2 is 1.37 bits per heavy atom. The third kappa shape index (κ3) is 3.14. The second-order valence-corrected chi connectivity index (χ2v) is 7.92. The van der Waals surface area contributed by atoms with E-state index in [4.69, 9.17) is 4.74 Å². The molecule has 3 aliphatic rings. The number of fused-ring (bicyclic) bond motifs is 1. The Kier molecular flexibility index (Phi) is 3.89. The van der Waals surface area contributed by atoms with Gasteiger partial charge in [0, 0.05) is 11.8 Å². The fraction of sp³-hybridized carbons (Fsp3) is 1.00.